The molecular formula is C18H18N4S2. The Balaban J connectivity index is 1.83. The maximum atomic E-state index is 4.85. The highest BCUT2D eigenvalue weighted by Crippen LogP contribution is 2.47. The van der Waals surface area contributed by atoms with E-state index in [0.717, 1.165) is 25.9 Å². The fourth-order valence-electron chi connectivity index (χ4n) is 2.62. The van der Waals surface area contributed by atoms with E-state index in [2.05, 4.69) is 43.7 Å². The molecule has 0 amide bonds. The number of hydrogen-bond donors (Lipinski definition) is 0. The molecule has 0 bridgehead atoms. The standard InChI is InChI=1S/C18H18N4S2/c1-17(2,15-21-11-10-19-9-7-12(11)23-15)18(3,4)16-22-14-13(24-16)6-5-8-20-14/h5-10H,1-4H3. The topological polar surface area (TPSA) is 51.6 Å². The molecule has 0 unspecified atom stereocenters. The zero-order chi connectivity index (χ0) is 16.9. The third-order valence-electron chi connectivity index (χ3n) is 4.99. The maximum Gasteiger partial charge on any atom is 0.170 e. The van der Waals surface area contributed by atoms with Crippen LogP contribution in [-0.2, 0) is 10.8 Å². The van der Waals surface area contributed by atoms with Gasteiger partial charge in [-0.3, -0.25) is 4.98 Å². The van der Waals surface area contributed by atoms with Crippen LogP contribution in [0.5, 0.6) is 0 Å². The molecule has 0 fully saturated rings. The van der Waals surface area contributed by atoms with E-state index in [1.807, 2.05) is 24.5 Å². The van der Waals surface area contributed by atoms with E-state index in [-0.39, 0.29) is 10.8 Å². The molecule has 0 atom stereocenters. The Bertz CT molecular complexity index is 880. The molecule has 122 valence electrons. The smallest absolute Gasteiger partial charge is 0.170 e. The minimum atomic E-state index is -0.167. The van der Waals surface area contributed by atoms with Gasteiger partial charge >= 0.3 is 0 Å². The van der Waals surface area contributed by atoms with E-state index in [9.17, 15) is 0 Å². The van der Waals surface area contributed by atoms with Crippen LogP contribution in [0.2, 0.25) is 0 Å². The van der Waals surface area contributed by atoms with E-state index < -0.39 is 0 Å². The first-order valence-corrected chi connectivity index (χ1v) is 9.46. The van der Waals surface area contributed by atoms with Crippen LogP contribution in [0.4, 0.5) is 0 Å². The van der Waals surface area contributed by atoms with Crippen LogP contribution in [0.1, 0.15) is 37.7 Å². The SMILES string of the molecule is CC(C)(c1nc2cnccc2s1)C(C)(C)c1nc2ncccc2s1. The molecule has 4 nitrogen and oxygen atoms in total. The molecule has 0 aromatic carbocycles. The summed E-state index contributed by atoms with van der Waals surface area (Å²) < 4.78 is 2.31. The zero-order valence-electron chi connectivity index (χ0n) is 14.1. The number of aromatic nitrogens is 4. The van der Waals surface area contributed by atoms with Crippen molar-refractivity contribution in [2.24, 2.45) is 0 Å². The van der Waals surface area contributed by atoms with Crippen molar-refractivity contribution in [1.82, 2.24) is 19.9 Å². The van der Waals surface area contributed by atoms with Crippen LogP contribution in [0.25, 0.3) is 20.6 Å². The average molecular weight is 355 g/mol. The lowest BCUT2D eigenvalue weighted by Gasteiger charge is -2.38. The van der Waals surface area contributed by atoms with Gasteiger partial charge in [0.05, 0.1) is 21.1 Å². The second-order valence-electron chi connectivity index (χ2n) is 6.96. The largest absolute Gasteiger partial charge is 0.262 e. The van der Waals surface area contributed by atoms with Crippen molar-refractivity contribution in [3.8, 4) is 0 Å². The molecule has 0 spiro atoms. The van der Waals surface area contributed by atoms with Crippen molar-refractivity contribution in [3.63, 3.8) is 0 Å². The fourth-order valence-corrected chi connectivity index (χ4v) is 5.00. The van der Waals surface area contributed by atoms with Gasteiger partial charge < -0.3 is 0 Å². The minimum Gasteiger partial charge on any atom is -0.262 e. The first kappa shape index (κ1) is 15.6. The van der Waals surface area contributed by atoms with Gasteiger partial charge in [-0.25, -0.2) is 15.0 Å². The molecular weight excluding hydrogens is 336 g/mol. The van der Waals surface area contributed by atoms with Gasteiger partial charge in [0.1, 0.15) is 10.0 Å². The van der Waals surface area contributed by atoms with Gasteiger partial charge in [-0.15, -0.1) is 22.7 Å². The summed E-state index contributed by atoms with van der Waals surface area (Å²) in [6.45, 7) is 8.99. The normalized spacial score (nSPS) is 13.0. The van der Waals surface area contributed by atoms with Crippen LogP contribution in [0, 0.1) is 0 Å². The lowest BCUT2D eigenvalue weighted by Crippen LogP contribution is -2.40. The Morgan fingerprint density at radius 2 is 1.54 bits per heavy atom. The first-order valence-electron chi connectivity index (χ1n) is 7.83. The molecule has 4 heterocycles. The average Bonchev–Trinajstić information content (AvgIpc) is 3.19. The van der Waals surface area contributed by atoms with Gasteiger partial charge in [-0.1, -0.05) is 27.7 Å². The molecule has 4 rings (SSSR count). The third-order valence-corrected chi connectivity index (χ3v) is 7.68. The maximum absolute atomic E-state index is 4.85. The molecule has 0 N–H and O–H groups in total. The van der Waals surface area contributed by atoms with Crippen molar-refractivity contribution in [1.29, 1.82) is 0 Å². The summed E-state index contributed by atoms with van der Waals surface area (Å²) in [4.78, 5) is 18.2. The Morgan fingerprint density at radius 3 is 2.25 bits per heavy atom. The molecule has 0 radical (unpaired) electrons. The molecule has 0 saturated heterocycles. The Labute approximate surface area is 148 Å². The van der Waals surface area contributed by atoms with Crippen LogP contribution in [0.15, 0.2) is 36.8 Å². The van der Waals surface area contributed by atoms with Gasteiger partial charge in [0.15, 0.2) is 5.65 Å². The first-order chi connectivity index (χ1) is 11.4. The summed E-state index contributed by atoms with van der Waals surface area (Å²) in [5.74, 6) is 0. The zero-order valence-corrected chi connectivity index (χ0v) is 15.7. The second-order valence-corrected chi connectivity index (χ2v) is 9.02. The molecule has 0 aliphatic carbocycles. The number of hydrogen-bond acceptors (Lipinski definition) is 6. The molecule has 0 aliphatic rings. The van der Waals surface area contributed by atoms with Crippen molar-refractivity contribution >= 4 is 43.2 Å². The summed E-state index contributed by atoms with van der Waals surface area (Å²) in [5.41, 5.74) is 1.46. The Morgan fingerprint density at radius 1 is 0.833 bits per heavy atom. The quantitative estimate of drug-likeness (QED) is 0.522. The van der Waals surface area contributed by atoms with Crippen LogP contribution >= 0.6 is 22.7 Å². The minimum absolute atomic E-state index is 0.162. The number of thiazole rings is 2. The summed E-state index contributed by atoms with van der Waals surface area (Å²) >= 11 is 3.47. The molecule has 0 aliphatic heterocycles. The highest BCUT2D eigenvalue weighted by Gasteiger charge is 2.44. The molecule has 4 aromatic rings. The summed E-state index contributed by atoms with van der Waals surface area (Å²) in [7, 11) is 0. The third kappa shape index (κ3) is 2.24. The molecule has 24 heavy (non-hydrogen) atoms. The van der Waals surface area contributed by atoms with Gasteiger partial charge in [0.2, 0.25) is 0 Å². The summed E-state index contributed by atoms with van der Waals surface area (Å²) in [6.07, 6.45) is 5.45. The molecule has 0 saturated carbocycles. The lowest BCUT2D eigenvalue weighted by molar-refractivity contribution is 0.301. The van der Waals surface area contributed by atoms with Crippen molar-refractivity contribution in [2.75, 3.05) is 0 Å². The van der Waals surface area contributed by atoms with Gasteiger partial charge in [-0.05, 0) is 18.2 Å². The van der Waals surface area contributed by atoms with Gasteiger partial charge in [-0.2, -0.15) is 0 Å². The van der Waals surface area contributed by atoms with Crippen molar-refractivity contribution in [3.05, 3.63) is 46.8 Å². The predicted octanol–water partition coefficient (Wildman–Crippen LogP) is 4.95. The van der Waals surface area contributed by atoms with Gasteiger partial charge in [0.25, 0.3) is 0 Å². The van der Waals surface area contributed by atoms with E-state index in [4.69, 9.17) is 9.97 Å². The number of pyridine rings is 2. The highest BCUT2D eigenvalue weighted by molar-refractivity contribution is 7.19. The summed E-state index contributed by atoms with van der Waals surface area (Å²) in [5, 5.41) is 2.21. The Hall–Kier alpha value is -1.92. The molecule has 6 heteroatoms. The van der Waals surface area contributed by atoms with Crippen LogP contribution < -0.4 is 0 Å². The van der Waals surface area contributed by atoms with Crippen molar-refractivity contribution in [2.45, 2.75) is 38.5 Å². The molecule has 4 aromatic heterocycles. The van der Waals surface area contributed by atoms with Crippen LogP contribution in [0.3, 0.4) is 0 Å². The number of rotatable bonds is 3. The Kier molecular flexibility index (Phi) is 3.44. The van der Waals surface area contributed by atoms with Crippen molar-refractivity contribution < 1.29 is 0 Å². The van der Waals surface area contributed by atoms with E-state index in [1.165, 1.54) is 4.70 Å². The number of nitrogens with zero attached hydrogens (tertiary/aromatic N) is 4. The van der Waals surface area contributed by atoms with Crippen LogP contribution in [-0.4, -0.2) is 19.9 Å². The van der Waals surface area contributed by atoms with E-state index in [1.54, 1.807) is 28.9 Å². The van der Waals surface area contributed by atoms with Gasteiger partial charge in [0, 0.05) is 23.2 Å². The second kappa shape index (κ2) is 5.29. The lowest BCUT2D eigenvalue weighted by atomic mass is 9.68. The monoisotopic (exact) mass is 354 g/mol. The van der Waals surface area contributed by atoms with E-state index in [0.29, 0.717) is 0 Å². The number of fused-ring (bicyclic) bond motifs is 2. The van der Waals surface area contributed by atoms with E-state index >= 15 is 0 Å². The highest BCUT2D eigenvalue weighted by atomic mass is 32.1. The fraction of sp³-hybridized carbons (Fsp3) is 0.333. The predicted molar refractivity (Wildman–Crippen MR) is 101 cm³/mol. The summed E-state index contributed by atoms with van der Waals surface area (Å²) in [6, 6.07) is 6.07.